The number of aliphatic hydroxyl groups excluding tert-OH is 1. The highest BCUT2D eigenvalue weighted by molar-refractivity contribution is 5.78. The van der Waals surface area contributed by atoms with Gasteiger partial charge >= 0.3 is 0 Å². The highest BCUT2D eigenvalue weighted by Gasteiger charge is 2.12. The highest BCUT2D eigenvalue weighted by atomic mass is 16.5. The Labute approximate surface area is 142 Å². The molecule has 24 heavy (non-hydrogen) atoms. The maximum absolute atomic E-state index is 12.1. The zero-order valence-corrected chi connectivity index (χ0v) is 14.2. The van der Waals surface area contributed by atoms with Crippen LogP contribution in [0, 0.1) is 12.8 Å². The minimum Gasteiger partial charge on any atom is -0.496 e. The molecule has 2 rings (SSSR count). The van der Waals surface area contributed by atoms with E-state index >= 15 is 0 Å². The van der Waals surface area contributed by atoms with E-state index in [4.69, 9.17) is 4.74 Å². The van der Waals surface area contributed by atoms with Gasteiger partial charge < -0.3 is 15.2 Å². The summed E-state index contributed by atoms with van der Waals surface area (Å²) in [7, 11) is 1.62. The number of nitrogens with zero attached hydrogens (tertiary/aromatic N) is 1. The standard InChI is InChI=1S/C19H24N2O3/c1-14-6-7-15(10-18(14)24-2)11-19(23)21-12-16(13-22)9-17-5-3-4-8-20-17/h3-8,10,16,22H,9,11-13H2,1-2H3,(H,21,23). The number of hydrogen-bond donors (Lipinski definition) is 2. The Morgan fingerprint density at radius 3 is 2.83 bits per heavy atom. The van der Waals surface area contributed by atoms with Crippen molar-refractivity contribution in [3.63, 3.8) is 0 Å². The smallest absolute Gasteiger partial charge is 0.224 e. The van der Waals surface area contributed by atoms with Crippen molar-refractivity contribution in [1.82, 2.24) is 10.3 Å². The molecule has 1 unspecified atom stereocenters. The van der Waals surface area contributed by atoms with Crippen LogP contribution in [0.2, 0.25) is 0 Å². The fraction of sp³-hybridized carbons (Fsp3) is 0.368. The van der Waals surface area contributed by atoms with Gasteiger partial charge in [0, 0.05) is 31.0 Å². The van der Waals surface area contributed by atoms with Crippen molar-refractivity contribution in [1.29, 1.82) is 0 Å². The molecular weight excluding hydrogens is 304 g/mol. The number of benzene rings is 1. The zero-order valence-electron chi connectivity index (χ0n) is 14.2. The second-order valence-corrected chi connectivity index (χ2v) is 5.86. The van der Waals surface area contributed by atoms with E-state index in [1.807, 2.05) is 43.3 Å². The lowest BCUT2D eigenvalue weighted by Crippen LogP contribution is -2.33. The van der Waals surface area contributed by atoms with E-state index in [0.29, 0.717) is 19.4 Å². The molecule has 1 heterocycles. The molecule has 0 saturated carbocycles. The number of ether oxygens (including phenoxy) is 1. The van der Waals surface area contributed by atoms with E-state index in [2.05, 4.69) is 10.3 Å². The Morgan fingerprint density at radius 1 is 1.33 bits per heavy atom. The average molecular weight is 328 g/mol. The van der Waals surface area contributed by atoms with Crippen molar-refractivity contribution in [3.05, 3.63) is 59.4 Å². The Morgan fingerprint density at radius 2 is 2.17 bits per heavy atom. The molecule has 1 aromatic carbocycles. The quantitative estimate of drug-likeness (QED) is 0.776. The van der Waals surface area contributed by atoms with Crippen LogP contribution in [0.4, 0.5) is 0 Å². The molecule has 5 heteroatoms. The predicted octanol–water partition coefficient (Wildman–Crippen LogP) is 1.91. The third kappa shape index (κ3) is 5.35. The number of methoxy groups -OCH3 is 1. The normalized spacial score (nSPS) is 11.8. The van der Waals surface area contributed by atoms with Gasteiger partial charge in [0.15, 0.2) is 0 Å². The number of aromatic nitrogens is 1. The number of carbonyl (C=O) groups excluding carboxylic acids is 1. The van der Waals surface area contributed by atoms with Crippen molar-refractivity contribution < 1.29 is 14.6 Å². The molecule has 1 aromatic heterocycles. The molecule has 1 atom stereocenters. The van der Waals surface area contributed by atoms with E-state index < -0.39 is 0 Å². The molecule has 0 aliphatic carbocycles. The van der Waals surface area contributed by atoms with Crippen LogP contribution in [-0.4, -0.2) is 36.3 Å². The largest absolute Gasteiger partial charge is 0.496 e. The number of carbonyl (C=O) groups is 1. The first-order chi connectivity index (χ1) is 11.6. The van der Waals surface area contributed by atoms with Crippen LogP contribution in [0.5, 0.6) is 5.75 Å². The number of aliphatic hydroxyl groups is 1. The Kier molecular flexibility index (Phi) is 6.75. The molecule has 128 valence electrons. The van der Waals surface area contributed by atoms with Crippen molar-refractivity contribution in [2.75, 3.05) is 20.3 Å². The average Bonchev–Trinajstić information content (AvgIpc) is 2.61. The number of nitrogens with one attached hydrogen (secondary N) is 1. The van der Waals surface area contributed by atoms with Gasteiger partial charge in [-0.05, 0) is 42.7 Å². The molecule has 1 amide bonds. The van der Waals surface area contributed by atoms with Crippen LogP contribution in [-0.2, 0) is 17.6 Å². The third-order valence-corrected chi connectivity index (χ3v) is 3.91. The first-order valence-corrected chi connectivity index (χ1v) is 8.03. The van der Waals surface area contributed by atoms with E-state index in [1.54, 1.807) is 13.3 Å². The SMILES string of the molecule is COc1cc(CC(=O)NCC(CO)Cc2ccccn2)ccc1C. The summed E-state index contributed by atoms with van der Waals surface area (Å²) in [5.74, 6) is 0.667. The van der Waals surface area contributed by atoms with Gasteiger partial charge in [-0.1, -0.05) is 18.2 Å². The van der Waals surface area contributed by atoms with Gasteiger partial charge in [-0.15, -0.1) is 0 Å². The summed E-state index contributed by atoms with van der Waals surface area (Å²) in [6.07, 6.45) is 2.65. The third-order valence-electron chi connectivity index (χ3n) is 3.91. The summed E-state index contributed by atoms with van der Waals surface area (Å²) < 4.78 is 5.28. The van der Waals surface area contributed by atoms with Crippen LogP contribution in [0.1, 0.15) is 16.8 Å². The van der Waals surface area contributed by atoms with Crippen LogP contribution >= 0.6 is 0 Å². The first-order valence-electron chi connectivity index (χ1n) is 8.03. The molecule has 0 radical (unpaired) electrons. The van der Waals surface area contributed by atoms with Crippen LogP contribution in [0.15, 0.2) is 42.6 Å². The molecule has 0 saturated heterocycles. The highest BCUT2D eigenvalue weighted by Crippen LogP contribution is 2.19. The molecule has 0 fully saturated rings. The van der Waals surface area contributed by atoms with Gasteiger partial charge in [-0.25, -0.2) is 0 Å². The Balaban J connectivity index is 1.85. The van der Waals surface area contributed by atoms with Crippen molar-refractivity contribution in [2.45, 2.75) is 19.8 Å². The molecule has 0 spiro atoms. The second kappa shape index (κ2) is 9.03. The van der Waals surface area contributed by atoms with E-state index in [0.717, 1.165) is 22.6 Å². The fourth-order valence-electron chi connectivity index (χ4n) is 2.50. The lowest BCUT2D eigenvalue weighted by Gasteiger charge is -2.15. The van der Waals surface area contributed by atoms with E-state index in [-0.39, 0.29) is 18.4 Å². The summed E-state index contributed by atoms with van der Waals surface area (Å²) in [6.45, 7) is 2.40. The fourth-order valence-corrected chi connectivity index (χ4v) is 2.50. The van der Waals surface area contributed by atoms with Gasteiger partial charge in [-0.3, -0.25) is 9.78 Å². The Bertz CT molecular complexity index is 659. The van der Waals surface area contributed by atoms with Crippen LogP contribution in [0.3, 0.4) is 0 Å². The predicted molar refractivity (Wildman–Crippen MR) is 93.0 cm³/mol. The molecule has 2 N–H and O–H groups in total. The van der Waals surface area contributed by atoms with Gasteiger partial charge in [0.2, 0.25) is 5.91 Å². The van der Waals surface area contributed by atoms with Gasteiger partial charge in [-0.2, -0.15) is 0 Å². The Hall–Kier alpha value is -2.40. The van der Waals surface area contributed by atoms with Crippen molar-refractivity contribution in [3.8, 4) is 5.75 Å². The van der Waals surface area contributed by atoms with E-state index in [9.17, 15) is 9.90 Å². The number of rotatable bonds is 8. The minimum absolute atomic E-state index is 0.00914. The van der Waals surface area contributed by atoms with Crippen molar-refractivity contribution >= 4 is 5.91 Å². The van der Waals surface area contributed by atoms with Gasteiger partial charge in [0.05, 0.1) is 13.5 Å². The number of aryl methyl sites for hydroxylation is 1. The second-order valence-electron chi connectivity index (χ2n) is 5.86. The first kappa shape index (κ1) is 17.9. The number of amides is 1. The van der Waals surface area contributed by atoms with Crippen LogP contribution in [0.25, 0.3) is 0 Å². The van der Waals surface area contributed by atoms with Crippen LogP contribution < -0.4 is 10.1 Å². The maximum Gasteiger partial charge on any atom is 0.224 e. The topological polar surface area (TPSA) is 71.5 Å². The molecule has 0 aliphatic heterocycles. The molecule has 5 nitrogen and oxygen atoms in total. The lowest BCUT2D eigenvalue weighted by atomic mass is 10.0. The summed E-state index contributed by atoms with van der Waals surface area (Å²) >= 11 is 0. The molecular formula is C19H24N2O3. The maximum atomic E-state index is 12.1. The number of pyridine rings is 1. The summed E-state index contributed by atoms with van der Waals surface area (Å²) in [5, 5.41) is 12.4. The molecule has 2 aromatic rings. The van der Waals surface area contributed by atoms with Gasteiger partial charge in [0.1, 0.15) is 5.75 Å². The number of hydrogen-bond acceptors (Lipinski definition) is 4. The summed E-state index contributed by atoms with van der Waals surface area (Å²) in [6, 6.07) is 11.4. The minimum atomic E-state index is -0.0691. The molecule has 0 aliphatic rings. The van der Waals surface area contributed by atoms with Gasteiger partial charge in [0.25, 0.3) is 0 Å². The van der Waals surface area contributed by atoms with E-state index in [1.165, 1.54) is 0 Å². The molecule has 0 bridgehead atoms. The summed E-state index contributed by atoms with van der Waals surface area (Å²) in [4.78, 5) is 16.4. The zero-order chi connectivity index (χ0) is 17.4. The van der Waals surface area contributed by atoms with Crippen molar-refractivity contribution in [2.24, 2.45) is 5.92 Å². The monoisotopic (exact) mass is 328 g/mol. The summed E-state index contributed by atoms with van der Waals surface area (Å²) in [5.41, 5.74) is 2.85. The lowest BCUT2D eigenvalue weighted by molar-refractivity contribution is -0.120.